The van der Waals surface area contributed by atoms with Gasteiger partial charge in [-0.1, -0.05) is 12.1 Å². The molecular formula is C21H22N6O. The van der Waals surface area contributed by atoms with Crippen LogP contribution in [0.4, 0.5) is 11.8 Å². The highest BCUT2D eigenvalue weighted by atomic mass is 16.4. The molecule has 1 saturated heterocycles. The van der Waals surface area contributed by atoms with Gasteiger partial charge in [0.25, 0.3) is 6.01 Å². The predicted molar refractivity (Wildman–Crippen MR) is 111 cm³/mol. The third kappa shape index (κ3) is 2.84. The summed E-state index contributed by atoms with van der Waals surface area (Å²) in [4.78, 5) is 16.2. The number of aryl methyl sites for hydroxylation is 1. The lowest BCUT2D eigenvalue weighted by Gasteiger charge is -2.32. The van der Waals surface area contributed by atoms with Gasteiger partial charge in [-0.25, -0.2) is 4.98 Å². The quantitative estimate of drug-likeness (QED) is 0.557. The van der Waals surface area contributed by atoms with E-state index in [0.29, 0.717) is 11.6 Å². The molecule has 4 aromatic rings. The topological polar surface area (TPSA) is 93.1 Å². The Morgan fingerprint density at radius 3 is 2.93 bits per heavy atom. The van der Waals surface area contributed by atoms with Crippen LogP contribution in [0.5, 0.6) is 0 Å². The molecule has 0 amide bonds. The summed E-state index contributed by atoms with van der Waals surface area (Å²) in [5.41, 5.74) is 12.2. The van der Waals surface area contributed by atoms with Crippen LogP contribution in [0, 0.1) is 6.92 Å². The fraction of sp³-hybridized carbons (Fsp3) is 0.286. The number of anilines is 2. The zero-order valence-corrected chi connectivity index (χ0v) is 15.9. The van der Waals surface area contributed by atoms with Crippen molar-refractivity contribution in [2.45, 2.75) is 19.9 Å². The number of nitrogen functional groups attached to an aromatic ring is 1. The smallest absolute Gasteiger partial charge is 0.292 e. The Bertz CT molecular complexity index is 1180. The number of nitrogens with one attached hydrogen (secondary N) is 1. The molecule has 1 unspecified atom stereocenters. The van der Waals surface area contributed by atoms with Crippen molar-refractivity contribution >= 4 is 34.0 Å². The van der Waals surface area contributed by atoms with Gasteiger partial charge in [0, 0.05) is 25.7 Å². The summed E-state index contributed by atoms with van der Waals surface area (Å²) in [6, 6.07) is 10.7. The molecule has 28 heavy (non-hydrogen) atoms. The second kappa shape index (κ2) is 6.45. The summed E-state index contributed by atoms with van der Waals surface area (Å²) in [7, 11) is 0. The van der Waals surface area contributed by atoms with Crippen molar-refractivity contribution in [3.8, 4) is 11.1 Å². The van der Waals surface area contributed by atoms with Gasteiger partial charge in [-0.15, -0.1) is 0 Å². The van der Waals surface area contributed by atoms with Crippen LogP contribution < -0.4 is 16.0 Å². The summed E-state index contributed by atoms with van der Waals surface area (Å²) in [5, 5.41) is 3.46. The average molecular weight is 374 g/mol. The fourth-order valence-electron chi connectivity index (χ4n) is 3.92. The van der Waals surface area contributed by atoms with E-state index in [-0.39, 0.29) is 6.01 Å². The Morgan fingerprint density at radius 2 is 2.07 bits per heavy atom. The molecule has 1 fully saturated rings. The van der Waals surface area contributed by atoms with Crippen molar-refractivity contribution in [2.75, 3.05) is 30.3 Å². The molecule has 3 heterocycles. The molecule has 5 rings (SSSR count). The number of rotatable bonds is 2. The van der Waals surface area contributed by atoms with Crippen LogP contribution in [0.15, 0.2) is 40.9 Å². The molecule has 3 N–H and O–H groups in total. The number of nitrogens with zero attached hydrogens (tertiary/aromatic N) is 4. The molecule has 7 heteroatoms. The van der Waals surface area contributed by atoms with Crippen molar-refractivity contribution in [1.29, 1.82) is 0 Å². The van der Waals surface area contributed by atoms with E-state index in [1.165, 1.54) is 0 Å². The zero-order valence-electron chi connectivity index (χ0n) is 15.9. The largest absolute Gasteiger partial charge is 0.424 e. The Morgan fingerprint density at radius 1 is 1.18 bits per heavy atom. The van der Waals surface area contributed by atoms with Gasteiger partial charge in [-0.05, 0) is 48.7 Å². The number of hydrogen-bond acceptors (Lipinski definition) is 7. The van der Waals surface area contributed by atoms with Gasteiger partial charge in [-0.2, -0.15) is 4.98 Å². The van der Waals surface area contributed by atoms with Gasteiger partial charge in [0.1, 0.15) is 11.3 Å². The van der Waals surface area contributed by atoms with E-state index >= 15 is 0 Å². The number of aromatic nitrogens is 3. The van der Waals surface area contributed by atoms with Gasteiger partial charge >= 0.3 is 0 Å². The van der Waals surface area contributed by atoms with Gasteiger partial charge in [0.2, 0.25) is 0 Å². The van der Waals surface area contributed by atoms with Gasteiger partial charge in [-0.3, -0.25) is 4.98 Å². The maximum atomic E-state index is 5.68. The highest BCUT2D eigenvalue weighted by molar-refractivity contribution is 5.89. The van der Waals surface area contributed by atoms with E-state index in [2.05, 4.69) is 40.1 Å². The summed E-state index contributed by atoms with van der Waals surface area (Å²) in [6.45, 7) is 7.12. The molecule has 0 bridgehead atoms. The van der Waals surface area contributed by atoms with Crippen LogP contribution in [0.3, 0.4) is 0 Å². The van der Waals surface area contributed by atoms with E-state index < -0.39 is 0 Å². The first-order valence-electron chi connectivity index (χ1n) is 9.49. The third-order valence-electron chi connectivity index (χ3n) is 5.36. The Hall–Kier alpha value is -3.19. The van der Waals surface area contributed by atoms with Crippen molar-refractivity contribution in [1.82, 2.24) is 20.3 Å². The molecule has 0 aliphatic carbocycles. The molecule has 7 nitrogen and oxygen atoms in total. The minimum absolute atomic E-state index is 0.183. The summed E-state index contributed by atoms with van der Waals surface area (Å²) < 4.78 is 5.38. The van der Waals surface area contributed by atoms with Crippen LogP contribution in [-0.2, 0) is 0 Å². The maximum Gasteiger partial charge on any atom is 0.292 e. The second-order valence-corrected chi connectivity index (χ2v) is 7.37. The standard InChI is InChI=1S/C21H22N6O/c1-12-11-27(8-7-23-12)19-10-24-16-5-4-15(13(2)20(16)26-19)14-3-6-18-17(9-14)25-21(22)28-18/h3-6,9-10,12,23H,7-8,11H2,1-2H3,(H2,22,25). The molecular weight excluding hydrogens is 352 g/mol. The lowest BCUT2D eigenvalue weighted by atomic mass is 9.99. The van der Waals surface area contributed by atoms with Crippen molar-refractivity contribution in [3.63, 3.8) is 0 Å². The SMILES string of the molecule is Cc1c(-c2ccc3oc(N)nc3c2)ccc2ncc(N3CCNC(C)C3)nc12. The summed E-state index contributed by atoms with van der Waals surface area (Å²) in [6.07, 6.45) is 1.88. The maximum absolute atomic E-state index is 5.68. The average Bonchev–Trinajstić information content (AvgIpc) is 3.07. The first-order chi connectivity index (χ1) is 13.6. The summed E-state index contributed by atoms with van der Waals surface area (Å²) in [5.74, 6) is 0.931. The summed E-state index contributed by atoms with van der Waals surface area (Å²) >= 11 is 0. The lowest BCUT2D eigenvalue weighted by molar-refractivity contribution is 0.482. The minimum atomic E-state index is 0.183. The van der Waals surface area contributed by atoms with Gasteiger partial charge in [0.15, 0.2) is 5.58 Å². The first-order valence-corrected chi connectivity index (χ1v) is 9.49. The Kier molecular flexibility index (Phi) is 3.91. The molecule has 0 radical (unpaired) electrons. The Labute approximate surface area is 162 Å². The third-order valence-corrected chi connectivity index (χ3v) is 5.36. The fourth-order valence-corrected chi connectivity index (χ4v) is 3.92. The lowest BCUT2D eigenvalue weighted by Crippen LogP contribution is -2.49. The van der Waals surface area contributed by atoms with E-state index in [0.717, 1.165) is 58.7 Å². The number of fused-ring (bicyclic) bond motifs is 2. The minimum Gasteiger partial charge on any atom is -0.424 e. The first kappa shape index (κ1) is 16.9. The van der Waals surface area contributed by atoms with Crippen molar-refractivity contribution in [2.24, 2.45) is 0 Å². The number of nitrogens with two attached hydrogens (primary N) is 1. The number of benzene rings is 2. The molecule has 1 aliphatic heterocycles. The normalized spacial score (nSPS) is 17.5. The number of oxazole rings is 1. The number of piperazine rings is 1. The highest BCUT2D eigenvalue weighted by Crippen LogP contribution is 2.31. The van der Waals surface area contributed by atoms with Crippen molar-refractivity contribution < 1.29 is 4.42 Å². The van der Waals surface area contributed by atoms with Crippen LogP contribution in [0.2, 0.25) is 0 Å². The molecule has 2 aromatic carbocycles. The van der Waals surface area contributed by atoms with E-state index in [1.807, 2.05) is 30.5 Å². The number of hydrogen-bond donors (Lipinski definition) is 2. The van der Waals surface area contributed by atoms with E-state index in [9.17, 15) is 0 Å². The van der Waals surface area contributed by atoms with Crippen molar-refractivity contribution in [3.05, 3.63) is 42.1 Å². The monoisotopic (exact) mass is 374 g/mol. The van der Waals surface area contributed by atoms with Crippen LogP contribution in [0.1, 0.15) is 12.5 Å². The zero-order chi connectivity index (χ0) is 19.3. The molecule has 0 saturated carbocycles. The van der Waals surface area contributed by atoms with E-state index in [4.69, 9.17) is 15.1 Å². The van der Waals surface area contributed by atoms with Crippen LogP contribution in [0.25, 0.3) is 33.3 Å². The van der Waals surface area contributed by atoms with Gasteiger partial charge < -0.3 is 20.4 Å². The van der Waals surface area contributed by atoms with E-state index in [1.54, 1.807) is 0 Å². The molecule has 0 spiro atoms. The van der Waals surface area contributed by atoms with Crippen LogP contribution in [-0.4, -0.2) is 40.6 Å². The van der Waals surface area contributed by atoms with Gasteiger partial charge in [0.05, 0.1) is 17.2 Å². The molecule has 1 aliphatic rings. The Balaban J connectivity index is 1.60. The molecule has 2 aromatic heterocycles. The molecule has 1 atom stereocenters. The molecule has 142 valence electrons. The van der Waals surface area contributed by atoms with Crippen LogP contribution >= 0.6 is 0 Å². The highest BCUT2D eigenvalue weighted by Gasteiger charge is 2.18. The second-order valence-electron chi connectivity index (χ2n) is 7.37. The predicted octanol–water partition coefficient (Wildman–Crippen LogP) is 3.13.